The second-order valence-corrected chi connectivity index (χ2v) is 17.2. The number of hydrogen-bond acceptors (Lipinski definition) is 1. The third-order valence-electron chi connectivity index (χ3n) is 11.4. The molecule has 1 heterocycles. The monoisotopic (exact) mass is 556 g/mol. The first kappa shape index (κ1) is 35.6. The van der Waals surface area contributed by atoms with Gasteiger partial charge in [0.15, 0.2) is 0 Å². The fourth-order valence-corrected chi connectivity index (χ4v) is 7.67. The molecule has 0 unspecified atom stereocenters. The van der Waals surface area contributed by atoms with E-state index in [2.05, 4.69) is 93.2 Å². The minimum Gasteiger partial charge on any atom is -0.298 e. The first-order chi connectivity index (χ1) is 18.6. The van der Waals surface area contributed by atoms with Crippen LogP contribution in [0, 0.1) is 21.7 Å². The van der Waals surface area contributed by atoms with Crippen molar-refractivity contribution in [3.63, 3.8) is 0 Å². The predicted octanol–water partition coefficient (Wildman–Crippen LogP) is 12.7. The molecule has 0 bridgehead atoms. The van der Waals surface area contributed by atoms with Crippen molar-refractivity contribution in [2.24, 2.45) is 21.7 Å². The van der Waals surface area contributed by atoms with Crippen molar-refractivity contribution in [2.75, 3.05) is 13.1 Å². The van der Waals surface area contributed by atoms with E-state index in [0.29, 0.717) is 21.8 Å². The van der Waals surface area contributed by atoms with Crippen molar-refractivity contribution in [3.05, 3.63) is 23.3 Å². The van der Waals surface area contributed by atoms with Crippen molar-refractivity contribution in [1.29, 1.82) is 0 Å². The van der Waals surface area contributed by atoms with Crippen LogP contribution in [0.25, 0.3) is 0 Å². The number of likely N-dealkylation sites (tertiary alicyclic amines) is 1. The zero-order chi connectivity index (χ0) is 30.1. The molecule has 0 aromatic rings. The highest BCUT2D eigenvalue weighted by Crippen LogP contribution is 2.46. The first-order valence-electron chi connectivity index (χ1n) is 17.7. The van der Waals surface area contributed by atoms with Gasteiger partial charge in [-0.2, -0.15) is 0 Å². The molecule has 0 aromatic heterocycles. The van der Waals surface area contributed by atoms with Gasteiger partial charge in [-0.05, 0) is 126 Å². The molecular formula is C39H73N. The SMILES string of the molecule is CC(C)(C)C1=CCCCCC1.CC(C)(C)N1CCC2(CCCCC2)CC1.CCC1(CC)CC=C(C(C)(C)C)CC1. The highest BCUT2D eigenvalue weighted by Gasteiger charge is 2.37. The van der Waals surface area contributed by atoms with Crippen LogP contribution in [-0.4, -0.2) is 23.5 Å². The Hall–Kier alpha value is -0.560. The van der Waals surface area contributed by atoms with Crippen molar-refractivity contribution >= 4 is 0 Å². The van der Waals surface area contributed by atoms with Gasteiger partial charge in [0, 0.05) is 5.54 Å². The summed E-state index contributed by atoms with van der Waals surface area (Å²) in [4.78, 5) is 2.67. The summed E-state index contributed by atoms with van der Waals surface area (Å²) in [5.41, 5.74) is 5.95. The van der Waals surface area contributed by atoms with Crippen LogP contribution in [0.15, 0.2) is 23.3 Å². The van der Waals surface area contributed by atoms with Gasteiger partial charge in [-0.25, -0.2) is 0 Å². The molecule has 1 aliphatic heterocycles. The molecule has 1 saturated heterocycles. The molecule has 4 rings (SSSR count). The van der Waals surface area contributed by atoms with E-state index in [-0.39, 0.29) is 0 Å². The van der Waals surface area contributed by atoms with Crippen molar-refractivity contribution < 1.29 is 0 Å². The van der Waals surface area contributed by atoms with Crippen molar-refractivity contribution in [2.45, 2.75) is 191 Å². The summed E-state index contributed by atoms with van der Waals surface area (Å²) < 4.78 is 0. The molecule has 3 aliphatic carbocycles. The van der Waals surface area contributed by atoms with E-state index in [1.54, 1.807) is 11.1 Å². The summed E-state index contributed by atoms with van der Waals surface area (Å²) in [6.07, 6.45) is 29.0. The Morgan fingerprint density at radius 3 is 1.57 bits per heavy atom. The van der Waals surface area contributed by atoms with Gasteiger partial charge in [0.1, 0.15) is 0 Å². The van der Waals surface area contributed by atoms with Gasteiger partial charge in [0.25, 0.3) is 0 Å². The van der Waals surface area contributed by atoms with Gasteiger partial charge >= 0.3 is 0 Å². The van der Waals surface area contributed by atoms with Crippen LogP contribution in [-0.2, 0) is 0 Å². The average molecular weight is 556 g/mol. The number of piperidine rings is 1. The van der Waals surface area contributed by atoms with E-state index in [4.69, 9.17) is 0 Å². The third-order valence-corrected chi connectivity index (χ3v) is 11.4. The van der Waals surface area contributed by atoms with E-state index in [1.165, 1.54) is 122 Å². The summed E-state index contributed by atoms with van der Waals surface area (Å²) in [7, 11) is 0. The standard InChI is InChI=1S/C14H27N.C14H26.C11H20/c1-13(2,3)15-11-9-14(10-12-15)7-5-4-6-8-14;1-6-14(7-2)10-8-12(9-11-14)13(3,4)5;1-11(2,3)10-8-6-4-5-7-9-10/h4-12H2,1-3H3;8H,6-7,9-11H2,1-5H3;8H,4-7,9H2,1-3H3. The van der Waals surface area contributed by atoms with E-state index >= 15 is 0 Å². The van der Waals surface area contributed by atoms with E-state index in [9.17, 15) is 0 Å². The molecule has 0 aromatic carbocycles. The molecule has 1 saturated carbocycles. The molecule has 0 amide bonds. The van der Waals surface area contributed by atoms with Gasteiger partial charge in [-0.1, -0.05) is 117 Å². The number of hydrogen-bond donors (Lipinski definition) is 0. The normalized spacial score (nSPS) is 24.0. The Labute approximate surface area is 253 Å². The van der Waals surface area contributed by atoms with Crippen molar-refractivity contribution in [3.8, 4) is 0 Å². The Morgan fingerprint density at radius 2 is 1.12 bits per heavy atom. The van der Waals surface area contributed by atoms with E-state index < -0.39 is 0 Å². The largest absolute Gasteiger partial charge is 0.298 e. The van der Waals surface area contributed by atoms with E-state index in [1.807, 2.05) is 0 Å². The highest BCUT2D eigenvalue weighted by atomic mass is 15.2. The van der Waals surface area contributed by atoms with Crippen LogP contribution in [0.1, 0.15) is 185 Å². The summed E-state index contributed by atoms with van der Waals surface area (Å²) in [5, 5.41) is 0. The molecular weight excluding hydrogens is 482 g/mol. The fraction of sp³-hybridized carbons (Fsp3) is 0.897. The maximum atomic E-state index is 2.67. The summed E-state index contributed by atoms with van der Waals surface area (Å²) in [6.45, 7) is 28.4. The van der Waals surface area contributed by atoms with Crippen LogP contribution < -0.4 is 0 Å². The maximum Gasteiger partial charge on any atom is 0.0125 e. The number of rotatable bonds is 2. The molecule has 4 aliphatic rings. The molecule has 0 radical (unpaired) electrons. The van der Waals surface area contributed by atoms with Crippen LogP contribution >= 0.6 is 0 Å². The molecule has 1 heteroatoms. The second kappa shape index (κ2) is 15.3. The van der Waals surface area contributed by atoms with Gasteiger partial charge in [-0.15, -0.1) is 0 Å². The minimum absolute atomic E-state index is 0.385. The van der Waals surface area contributed by atoms with Crippen molar-refractivity contribution in [1.82, 2.24) is 4.90 Å². The lowest BCUT2D eigenvalue weighted by atomic mass is 9.68. The number of nitrogens with zero attached hydrogens (tertiary/aromatic N) is 1. The molecule has 0 N–H and O–H groups in total. The molecule has 0 atom stereocenters. The maximum absolute atomic E-state index is 2.67. The van der Waals surface area contributed by atoms with Gasteiger partial charge in [-0.3, -0.25) is 4.90 Å². The second-order valence-electron chi connectivity index (χ2n) is 17.2. The van der Waals surface area contributed by atoms with E-state index in [0.717, 1.165) is 5.41 Å². The lowest BCUT2D eigenvalue weighted by Crippen LogP contribution is -2.49. The summed E-state index contributed by atoms with van der Waals surface area (Å²) in [6, 6.07) is 0. The molecule has 1 nitrogen and oxygen atoms in total. The first-order valence-corrected chi connectivity index (χ1v) is 17.7. The minimum atomic E-state index is 0.385. The quantitative estimate of drug-likeness (QED) is 0.306. The topological polar surface area (TPSA) is 3.24 Å². The Kier molecular flexibility index (Phi) is 13.6. The molecule has 1 spiro atoms. The Morgan fingerprint density at radius 1 is 0.600 bits per heavy atom. The Balaban J connectivity index is 0.000000213. The summed E-state index contributed by atoms with van der Waals surface area (Å²) in [5.74, 6) is 0. The predicted molar refractivity (Wildman–Crippen MR) is 181 cm³/mol. The van der Waals surface area contributed by atoms with Gasteiger partial charge in [0.2, 0.25) is 0 Å². The third kappa shape index (κ3) is 11.3. The summed E-state index contributed by atoms with van der Waals surface area (Å²) >= 11 is 0. The lowest BCUT2D eigenvalue weighted by molar-refractivity contribution is 0.0222. The lowest BCUT2D eigenvalue weighted by Gasteiger charge is -2.48. The fourth-order valence-electron chi connectivity index (χ4n) is 7.67. The van der Waals surface area contributed by atoms with Crippen LogP contribution in [0.5, 0.6) is 0 Å². The van der Waals surface area contributed by atoms with Crippen LogP contribution in [0.2, 0.25) is 0 Å². The average Bonchev–Trinajstić information content (AvgIpc) is 3.19. The van der Waals surface area contributed by atoms with Crippen LogP contribution in [0.3, 0.4) is 0 Å². The molecule has 40 heavy (non-hydrogen) atoms. The molecule has 2 fully saturated rings. The molecule has 234 valence electrons. The number of allylic oxidation sites excluding steroid dienone is 4. The van der Waals surface area contributed by atoms with Crippen LogP contribution in [0.4, 0.5) is 0 Å². The zero-order valence-corrected chi connectivity index (χ0v) is 29.5. The van der Waals surface area contributed by atoms with Gasteiger partial charge in [0.05, 0.1) is 0 Å². The zero-order valence-electron chi connectivity index (χ0n) is 29.5. The highest BCUT2D eigenvalue weighted by molar-refractivity contribution is 5.16. The smallest absolute Gasteiger partial charge is 0.0125 e. The van der Waals surface area contributed by atoms with Gasteiger partial charge < -0.3 is 0 Å². The Bertz CT molecular complexity index is 770.